The molecule has 2 heterocycles. The van der Waals surface area contributed by atoms with Crippen molar-refractivity contribution in [1.29, 1.82) is 0 Å². The maximum Gasteiger partial charge on any atom is 0.193 e. The molecule has 0 atom stereocenters. The van der Waals surface area contributed by atoms with Crippen LogP contribution in [0.5, 0.6) is 5.75 Å². The van der Waals surface area contributed by atoms with Gasteiger partial charge in [0.25, 0.3) is 0 Å². The van der Waals surface area contributed by atoms with Gasteiger partial charge in [-0.3, -0.25) is 0 Å². The third kappa shape index (κ3) is 4.54. The van der Waals surface area contributed by atoms with E-state index >= 15 is 0 Å². The second kappa shape index (κ2) is 8.07. The van der Waals surface area contributed by atoms with E-state index in [1.54, 1.807) is 19.2 Å². The first kappa shape index (κ1) is 17.4. The number of hydrogen-bond donors (Lipinski definition) is 2. The third-order valence-electron chi connectivity index (χ3n) is 4.10. The Balaban J connectivity index is 1.58. The molecular formula is C18H22ClN5O. The quantitative estimate of drug-likeness (QED) is 0.633. The van der Waals surface area contributed by atoms with Crippen molar-refractivity contribution in [3.8, 4) is 5.75 Å². The number of nitrogens with one attached hydrogen (secondary N) is 1. The molecule has 0 unspecified atom stereocenters. The number of methoxy groups -OCH3 is 1. The molecule has 3 rings (SSSR count). The van der Waals surface area contributed by atoms with Crippen LogP contribution in [0.15, 0.2) is 41.5 Å². The second-order valence-electron chi connectivity index (χ2n) is 5.89. The van der Waals surface area contributed by atoms with Crippen molar-refractivity contribution in [2.75, 3.05) is 30.4 Å². The molecule has 0 amide bonds. The lowest BCUT2D eigenvalue weighted by molar-refractivity contribution is 0.415. The largest absolute Gasteiger partial charge is 0.495 e. The van der Waals surface area contributed by atoms with Crippen LogP contribution in [0.4, 0.5) is 11.5 Å². The summed E-state index contributed by atoms with van der Waals surface area (Å²) in [5, 5.41) is 3.54. The number of hydrogen-bond acceptors (Lipinski definition) is 4. The standard InChI is InChI=1S/C18H22ClN5O/c1-25-16-6-5-14(10-15(16)19)23-18(20)22-12-13-4-7-17(21-11-13)24-8-2-3-9-24/h4-7,10-11H,2-3,8-9,12H2,1H3,(H3,20,22,23). The van der Waals surface area contributed by atoms with E-state index in [-0.39, 0.29) is 0 Å². The summed E-state index contributed by atoms with van der Waals surface area (Å²) >= 11 is 6.10. The van der Waals surface area contributed by atoms with Gasteiger partial charge < -0.3 is 20.7 Å². The molecular weight excluding hydrogens is 338 g/mol. The zero-order valence-corrected chi connectivity index (χ0v) is 15.0. The highest BCUT2D eigenvalue weighted by Gasteiger charge is 2.12. The maximum absolute atomic E-state index is 6.10. The van der Waals surface area contributed by atoms with Crippen molar-refractivity contribution in [2.45, 2.75) is 19.4 Å². The Kier molecular flexibility index (Phi) is 5.60. The van der Waals surface area contributed by atoms with Gasteiger partial charge in [0.2, 0.25) is 0 Å². The number of nitrogens with zero attached hydrogens (tertiary/aromatic N) is 3. The summed E-state index contributed by atoms with van der Waals surface area (Å²) in [4.78, 5) is 11.2. The fourth-order valence-electron chi connectivity index (χ4n) is 2.75. The predicted molar refractivity (Wildman–Crippen MR) is 103 cm³/mol. The van der Waals surface area contributed by atoms with E-state index < -0.39 is 0 Å². The van der Waals surface area contributed by atoms with Gasteiger partial charge >= 0.3 is 0 Å². The number of rotatable bonds is 5. The molecule has 25 heavy (non-hydrogen) atoms. The maximum atomic E-state index is 6.10. The summed E-state index contributed by atoms with van der Waals surface area (Å²) in [6, 6.07) is 9.44. The second-order valence-corrected chi connectivity index (χ2v) is 6.30. The van der Waals surface area contributed by atoms with E-state index in [4.69, 9.17) is 22.1 Å². The molecule has 132 valence electrons. The Morgan fingerprint density at radius 2 is 2.12 bits per heavy atom. The molecule has 0 aliphatic carbocycles. The molecule has 0 radical (unpaired) electrons. The summed E-state index contributed by atoms with van der Waals surface area (Å²) in [6.07, 6.45) is 4.34. The predicted octanol–water partition coefficient (Wildman–Crippen LogP) is 3.27. The molecule has 1 fully saturated rings. The van der Waals surface area contributed by atoms with Crippen LogP contribution in [0, 0.1) is 0 Å². The highest BCUT2D eigenvalue weighted by molar-refractivity contribution is 6.32. The molecule has 3 N–H and O–H groups in total. The Labute approximate surface area is 152 Å². The Bertz CT molecular complexity index is 742. The van der Waals surface area contributed by atoms with E-state index in [0.29, 0.717) is 23.3 Å². The number of pyridine rings is 1. The first-order valence-corrected chi connectivity index (χ1v) is 8.64. The van der Waals surface area contributed by atoms with Gasteiger partial charge in [0.1, 0.15) is 11.6 Å². The molecule has 0 saturated carbocycles. The Morgan fingerprint density at radius 3 is 2.76 bits per heavy atom. The summed E-state index contributed by atoms with van der Waals surface area (Å²) in [5.74, 6) is 1.97. The van der Waals surface area contributed by atoms with Crippen molar-refractivity contribution in [2.24, 2.45) is 10.7 Å². The number of halogens is 1. The van der Waals surface area contributed by atoms with Gasteiger partial charge in [0, 0.05) is 25.0 Å². The highest BCUT2D eigenvalue weighted by atomic mass is 35.5. The zero-order chi connectivity index (χ0) is 17.6. The van der Waals surface area contributed by atoms with Crippen molar-refractivity contribution < 1.29 is 4.74 Å². The van der Waals surface area contributed by atoms with Crippen LogP contribution in [0.1, 0.15) is 18.4 Å². The van der Waals surface area contributed by atoms with Crippen LogP contribution in [0.3, 0.4) is 0 Å². The smallest absolute Gasteiger partial charge is 0.193 e. The molecule has 2 aromatic rings. The molecule has 7 heteroatoms. The van der Waals surface area contributed by atoms with Crippen LogP contribution < -0.4 is 20.7 Å². The number of benzene rings is 1. The van der Waals surface area contributed by atoms with E-state index in [0.717, 1.165) is 30.2 Å². The van der Waals surface area contributed by atoms with Gasteiger partial charge in [0.05, 0.1) is 18.7 Å². The minimum atomic E-state index is 0.324. The summed E-state index contributed by atoms with van der Waals surface area (Å²) in [5.41, 5.74) is 7.71. The fraction of sp³-hybridized carbons (Fsp3) is 0.333. The van der Waals surface area contributed by atoms with E-state index in [1.165, 1.54) is 12.8 Å². The van der Waals surface area contributed by atoms with Crippen LogP contribution in [-0.4, -0.2) is 31.1 Å². The minimum Gasteiger partial charge on any atom is -0.495 e. The normalized spacial score (nSPS) is 14.6. The average Bonchev–Trinajstić information content (AvgIpc) is 3.15. The first-order chi connectivity index (χ1) is 12.2. The monoisotopic (exact) mass is 359 g/mol. The van der Waals surface area contributed by atoms with Gasteiger partial charge in [-0.1, -0.05) is 17.7 Å². The Hall–Kier alpha value is -2.47. The first-order valence-electron chi connectivity index (χ1n) is 8.26. The lowest BCUT2D eigenvalue weighted by Crippen LogP contribution is -2.22. The van der Waals surface area contributed by atoms with Crippen LogP contribution in [-0.2, 0) is 6.54 Å². The third-order valence-corrected chi connectivity index (χ3v) is 4.39. The molecule has 1 saturated heterocycles. The van der Waals surface area contributed by atoms with Gasteiger partial charge in [-0.2, -0.15) is 0 Å². The summed E-state index contributed by atoms with van der Waals surface area (Å²) < 4.78 is 5.13. The number of aliphatic imine (C=N–C) groups is 1. The molecule has 0 spiro atoms. The highest BCUT2D eigenvalue weighted by Crippen LogP contribution is 2.27. The van der Waals surface area contributed by atoms with Gasteiger partial charge in [-0.15, -0.1) is 0 Å². The van der Waals surface area contributed by atoms with Crippen molar-refractivity contribution in [3.05, 3.63) is 47.1 Å². The SMILES string of the molecule is COc1ccc(NC(N)=NCc2ccc(N3CCCC3)nc2)cc1Cl. The van der Waals surface area contributed by atoms with Crippen molar-refractivity contribution in [3.63, 3.8) is 0 Å². The molecule has 1 aromatic heterocycles. The van der Waals surface area contributed by atoms with Crippen LogP contribution in [0.25, 0.3) is 0 Å². The topological polar surface area (TPSA) is 75.8 Å². The number of anilines is 2. The molecule has 1 aliphatic heterocycles. The molecule has 6 nitrogen and oxygen atoms in total. The zero-order valence-electron chi connectivity index (χ0n) is 14.2. The number of guanidine groups is 1. The fourth-order valence-corrected chi connectivity index (χ4v) is 3.01. The summed E-state index contributed by atoms with van der Waals surface area (Å²) in [6.45, 7) is 2.65. The summed E-state index contributed by atoms with van der Waals surface area (Å²) in [7, 11) is 1.58. The molecule has 0 bridgehead atoms. The Morgan fingerprint density at radius 1 is 1.32 bits per heavy atom. The molecule has 1 aromatic carbocycles. The van der Waals surface area contributed by atoms with Crippen molar-refractivity contribution in [1.82, 2.24) is 4.98 Å². The van der Waals surface area contributed by atoms with Crippen LogP contribution >= 0.6 is 11.6 Å². The molecule has 1 aliphatic rings. The van der Waals surface area contributed by atoms with E-state index in [2.05, 4.69) is 20.2 Å². The minimum absolute atomic E-state index is 0.324. The van der Waals surface area contributed by atoms with Gasteiger partial charge in [0.15, 0.2) is 5.96 Å². The lowest BCUT2D eigenvalue weighted by atomic mass is 10.3. The average molecular weight is 360 g/mol. The number of nitrogens with two attached hydrogens (primary N) is 1. The van der Waals surface area contributed by atoms with Crippen LogP contribution in [0.2, 0.25) is 5.02 Å². The number of aromatic nitrogens is 1. The number of ether oxygens (including phenoxy) is 1. The van der Waals surface area contributed by atoms with Crippen molar-refractivity contribution >= 4 is 29.1 Å². The van der Waals surface area contributed by atoms with E-state index in [9.17, 15) is 0 Å². The van der Waals surface area contributed by atoms with Gasteiger partial charge in [-0.25, -0.2) is 9.98 Å². The lowest BCUT2D eigenvalue weighted by Gasteiger charge is -2.16. The van der Waals surface area contributed by atoms with E-state index in [1.807, 2.05) is 24.4 Å². The van der Waals surface area contributed by atoms with Gasteiger partial charge in [-0.05, 0) is 42.7 Å².